The number of ether oxygens (including phenoxy) is 1. The molecule has 0 bridgehead atoms. The van der Waals surface area contributed by atoms with E-state index >= 15 is 0 Å². The Labute approximate surface area is 88.7 Å². The van der Waals surface area contributed by atoms with Crippen molar-refractivity contribution in [3.8, 4) is 17.6 Å². The van der Waals surface area contributed by atoms with Crippen LogP contribution in [0.4, 0.5) is 0 Å². The van der Waals surface area contributed by atoms with Crippen LogP contribution in [-0.2, 0) is 11.2 Å². The van der Waals surface area contributed by atoms with Gasteiger partial charge in [-0.15, -0.1) is 5.92 Å². The summed E-state index contributed by atoms with van der Waals surface area (Å²) in [5, 5.41) is 8.68. The van der Waals surface area contributed by atoms with E-state index in [1.807, 2.05) is 0 Å². The molecule has 0 aromatic heterocycles. The van der Waals surface area contributed by atoms with Crippen molar-refractivity contribution >= 4 is 5.97 Å². The number of para-hydroxylation sites is 1. The van der Waals surface area contributed by atoms with Gasteiger partial charge in [0.25, 0.3) is 0 Å². The molecule has 78 valence electrons. The predicted molar refractivity (Wildman–Crippen MR) is 56.7 cm³/mol. The van der Waals surface area contributed by atoms with Gasteiger partial charge in [-0.25, -0.2) is 0 Å². The van der Waals surface area contributed by atoms with E-state index in [1.54, 1.807) is 31.2 Å². The van der Waals surface area contributed by atoms with Crippen LogP contribution in [0.15, 0.2) is 24.3 Å². The minimum Gasteiger partial charge on any atom is -0.481 e. The van der Waals surface area contributed by atoms with Crippen molar-refractivity contribution in [2.75, 3.05) is 6.61 Å². The third-order valence-corrected chi connectivity index (χ3v) is 1.79. The zero-order valence-corrected chi connectivity index (χ0v) is 8.49. The highest BCUT2D eigenvalue weighted by Crippen LogP contribution is 2.18. The van der Waals surface area contributed by atoms with E-state index in [0.29, 0.717) is 11.3 Å². The molecule has 1 aromatic carbocycles. The van der Waals surface area contributed by atoms with Gasteiger partial charge in [0, 0.05) is 5.56 Å². The summed E-state index contributed by atoms with van der Waals surface area (Å²) in [6.07, 6.45) is -0.0320. The molecule has 0 aliphatic heterocycles. The van der Waals surface area contributed by atoms with E-state index < -0.39 is 5.97 Å². The highest BCUT2D eigenvalue weighted by molar-refractivity contribution is 5.71. The first-order valence-electron chi connectivity index (χ1n) is 4.56. The summed E-state index contributed by atoms with van der Waals surface area (Å²) < 4.78 is 5.34. The minimum absolute atomic E-state index is 0.0320. The summed E-state index contributed by atoms with van der Waals surface area (Å²) >= 11 is 0. The number of carbonyl (C=O) groups is 1. The number of carboxylic acids is 1. The van der Waals surface area contributed by atoms with Gasteiger partial charge in [-0.1, -0.05) is 24.1 Å². The average Bonchev–Trinajstić information content (AvgIpc) is 2.20. The van der Waals surface area contributed by atoms with Gasteiger partial charge >= 0.3 is 5.97 Å². The molecule has 0 aliphatic rings. The van der Waals surface area contributed by atoms with Crippen LogP contribution in [0, 0.1) is 11.8 Å². The lowest BCUT2D eigenvalue weighted by atomic mass is 10.1. The number of carboxylic acid groups (broad SMARTS) is 1. The van der Waals surface area contributed by atoms with E-state index in [-0.39, 0.29) is 13.0 Å². The summed E-state index contributed by atoms with van der Waals surface area (Å²) in [6, 6.07) is 7.08. The maximum absolute atomic E-state index is 10.6. The summed E-state index contributed by atoms with van der Waals surface area (Å²) in [5.74, 6) is 5.18. The number of rotatable bonds is 4. The third-order valence-electron chi connectivity index (χ3n) is 1.79. The van der Waals surface area contributed by atoms with Crippen molar-refractivity contribution in [2.24, 2.45) is 0 Å². The molecule has 0 saturated heterocycles. The molecular formula is C12H12O3. The van der Waals surface area contributed by atoms with Gasteiger partial charge in [0.15, 0.2) is 0 Å². The molecule has 0 aliphatic carbocycles. The van der Waals surface area contributed by atoms with Crippen LogP contribution in [0.5, 0.6) is 5.75 Å². The van der Waals surface area contributed by atoms with Crippen LogP contribution < -0.4 is 4.74 Å². The molecule has 0 radical (unpaired) electrons. The molecule has 0 unspecified atom stereocenters. The van der Waals surface area contributed by atoms with Gasteiger partial charge in [0.2, 0.25) is 0 Å². The Morgan fingerprint density at radius 3 is 2.87 bits per heavy atom. The molecular weight excluding hydrogens is 192 g/mol. The molecule has 0 fully saturated rings. The predicted octanol–water partition coefficient (Wildman–Crippen LogP) is 1.72. The quantitative estimate of drug-likeness (QED) is 0.759. The summed E-state index contributed by atoms with van der Waals surface area (Å²) in [6.45, 7) is 2.01. The highest BCUT2D eigenvalue weighted by atomic mass is 16.5. The van der Waals surface area contributed by atoms with Gasteiger partial charge in [0.1, 0.15) is 12.4 Å². The Bertz CT molecular complexity index is 399. The Kier molecular flexibility index (Phi) is 4.24. The molecule has 0 saturated carbocycles. The van der Waals surface area contributed by atoms with Crippen molar-refractivity contribution in [1.29, 1.82) is 0 Å². The van der Waals surface area contributed by atoms with Crippen molar-refractivity contribution in [1.82, 2.24) is 0 Å². The van der Waals surface area contributed by atoms with Crippen molar-refractivity contribution in [3.05, 3.63) is 29.8 Å². The number of hydrogen-bond acceptors (Lipinski definition) is 2. The Balaban J connectivity index is 2.75. The maximum atomic E-state index is 10.6. The average molecular weight is 204 g/mol. The van der Waals surface area contributed by atoms with E-state index in [0.717, 1.165) is 0 Å². The third kappa shape index (κ3) is 3.74. The van der Waals surface area contributed by atoms with Crippen molar-refractivity contribution in [3.63, 3.8) is 0 Å². The van der Waals surface area contributed by atoms with Gasteiger partial charge in [-0.2, -0.15) is 0 Å². The maximum Gasteiger partial charge on any atom is 0.307 e. The molecule has 3 heteroatoms. The monoisotopic (exact) mass is 204 g/mol. The Morgan fingerprint density at radius 1 is 1.47 bits per heavy atom. The topological polar surface area (TPSA) is 46.5 Å². The van der Waals surface area contributed by atoms with Gasteiger partial charge in [0.05, 0.1) is 6.42 Å². The van der Waals surface area contributed by atoms with Crippen molar-refractivity contribution in [2.45, 2.75) is 13.3 Å². The second-order valence-electron chi connectivity index (χ2n) is 2.89. The molecule has 1 rings (SSSR count). The SMILES string of the molecule is CC#CCOc1ccccc1CC(=O)O. The van der Waals surface area contributed by atoms with Gasteiger partial charge < -0.3 is 9.84 Å². The highest BCUT2D eigenvalue weighted by Gasteiger charge is 2.06. The Hall–Kier alpha value is -1.95. The number of aliphatic carboxylic acids is 1. The molecule has 0 spiro atoms. The standard InChI is InChI=1S/C12H12O3/c1-2-3-8-15-11-7-5-4-6-10(11)9-12(13)14/h4-7H,8-9H2,1H3,(H,13,14). The first-order valence-corrected chi connectivity index (χ1v) is 4.56. The Morgan fingerprint density at radius 2 is 2.20 bits per heavy atom. The fourth-order valence-corrected chi connectivity index (χ4v) is 1.14. The van der Waals surface area contributed by atoms with E-state index in [2.05, 4.69) is 11.8 Å². The lowest BCUT2D eigenvalue weighted by molar-refractivity contribution is -0.136. The fourth-order valence-electron chi connectivity index (χ4n) is 1.14. The van der Waals surface area contributed by atoms with Crippen LogP contribution in [0.2, 0.25) is 0 Å². The number of benzene rings is 1. The summed E-state index contributed by atoms with van der Waals surface area (Å²) in [5.41, 5.74) is 0.669. The van der Waals surface area contributed by atoms with Crippen molar-refractivity contribution < 1.29 is 14.6 Å². The zero-order chi connectivity index (χ0) is 11.1. The van der Waals surface area contributed by atoms with Crippen LogP contribution in [0.1, 0.15) is 12.5 Å². The normalized spacial score (nSPS) is 8.87. The summed E-state index contributed by atoms with van der Waals surface area (Å²) in [4.78, 5) is 10.6. The van der Waals surface area contributed by atoms with Crippen LogP contribution in [-0.4, -0.2) is 17.7 Å². The largest absolute Gasteiger partial charge is 0.481 e. The number of hydrogen-bond donors (Lipinski definition) is 1. The molecule has 1 aromatic rings. The molecule has 15 heavy (non-hydrogen) atoms. The summed E-state index contributed by atoms with van der Waals surface area (Å²) in [7, 11) is 0. The first-order chi connectivity index (χ1) is 7.24. The van der Waals surface area contributed by atoms with Gasteiger partial charge in [-0.3, -0.25) is 4.79 Å². The van der Waals surface area contributed by atoms with Crippen LogP contribution in [0.25, 0.3) is 0 Å². The smallest absolute Gasteiger partial charge is 0.307 e. The molecule has 0 heterocycles. The van der Waals surface area contributed by atoms with Crippen LogP contribution in [0.3, 0.4) is 0 Å². The minimum atomic E-state index is -0.868. The second kappa shape index (κ2) is 5.71. The zero-order valence-electron chi connectivity index (χ0n) is 8.49. The lowest BCUT2D eigenvalue weighted by Crippen LogP contribution is -2.03. The molecule has 0 atom stereocenters. The molecule has 1 N–H and O–H groups in total. The fraction of sp³-hybridized carbons (Fsp3) is 0.250. The first kappa shape index (κ1) is 11.1. The van der Waals surface area contributed by atoms with E-state index in [1.165, 1.54) is 0 Å². The molecule has 0 amide bonds. The lowest BCUT2D eigenvalue weighted by Gasteiger charge is -2.06. The van der Waals surface area contributed by atoms with Gasteiger partial charge in [-0.05, 0) is 13.0 Å². The van der Waals surface area contributed by atoms with E-state index in [9.17, 15) is 4.79 Å². The van der Waals surface area contributed by atoms with Crippen LogP contribution >= 0.6 is 0 Å². The van der Waals surface area contributed by atoms with E-state index in [4.69, 9.17) is 9.84 Å². The second-order valence-corrected chi connectivity index (χ2v) is 2.89. The molecule has 3 nitrogen and oxygen atoms in total.